The molecule has 0 radical (unpaired) electrons. The molecule has 6 heteroatoms. The van der Waals surface area contributed by atoms with Gasteiger partial charge < -0.3 is 0 Å². The molecule has 25 heavy (non-hydrogen) atoms. The van der Waals surface area contributed by atoms with Crippen LogP contribution in [-0.4, -0.2) is 9.97 Å². The molecule has 0 saturated heterocycles. The van der Waals surface area contributed by atoms with Crippen LogP contribution in [0.4, 0.5) is 0 Å². The summed E-state index contributed by atoms with van der Waals surface area (Å²) < 4.78 is 0. The fraction of sp³-hybridized carbons (Fsp3) is 0.0526. The van der Waals surface area contributed by atoms with Gasteiger partial charge in [0.1, 0.15) is 16.2 Å². The lowest BCUT2D eigenvalue weighted by molar-refractivity contribution is 1.11. The number of nitrogens with zero attached hydrogens (tertiary/aromatic N) is 2. The van der Waals surface area contributed by atoms with Gasteiger partial charge in [-0.15, -0.1) is 23.1 Å². The summed E-state index contributed by atoms with van der Waals surface area (Å²) in [5.74, 6) is 0.728. The van der Waals surface area contributed by atoms with Crippen LogP contribution in [0.5, 0.6) is 0 Å². The molecule has 2 aromatic heterocycles. The van der Waals surface area contributed by atoms with E-state index in [1.54, 1.807) is 35.5 Å². The van der Waals surface area contributed by atoms with Gasteiger partial charge in [-0.3, -0.25) is 0 Å². The first-order valence-electron chi connectivity index (χ1n) is 7.57. The summed E-state index contributed by atoms with van der Waals surface area (Å²) in [6, 6.07) is 15.9. The minimum Gasteiger partial charge on any atom is -0.229 e. The van der Waals surface area contributed by atoms with Gasteiger partial charge in [-0.1, -0.05) is 59.6 Å². The van der Waals surface area contributed by atoms with Crippen molar-refractivity contribution in [1.29, 1.82) is 0 Å². The molecule has 0 aliphatic rings. The van der Waals surface area contributed by atoms with Gasteiger partial charge in [0.25, 0.3) is 0 Å². The van der Waals surface area contributed by atoms with Crippen molar-refractivity contribution in [3.63, 3.8) is 0 Å². The molecule has 124 valence electrons. The third-order valence-corrected chi connectivity index (χ3v) is 6.31. The van der Waals surface area contributed by atoms with Gasteiger partial charge in [-0.2, -0.15) is 0 Å². The van der Waals surface area contributed by atoms with E-state index in [1.807, 2.05) is 30.3 Å². The SMILES string of the molecule is Clc1ccc(CSc2ncnc3scc(-c4ccccc4)c23)c(Cl)c1. The fourth-order valence-corrected chi connectivity index (χ4v) is 5.12. The first-order valence-corrected chi connectivity index (χ1v) is 10.2. The maximum Gasteiger partial charge on any atom is 0.128 e. The van der Waals surface area contributed by atoms with E-state index in [2.05, 4.69) is 27.5 Å². The van der Waals surface area contributed by atoms with Crippen molar-refractivity contribution in [2.45, 2.75) is 10.8 Å². The van der Waals surface area contributed by atoms with Gasteiger partial charge in [-0.05, 0) is 23.3 Å². The molecule has 0 spiro atoms. The first kappa shape index (κ1) is 16.9. The van der Waals surface area contributed by atoms with Crippen molar-refractivity contribution in [1.82, 2.24) is 9.97 Å². The summed E-state index contributed by atoms with van der Waals surface area (Å²) in [6.07, 6.45) is 1.62. The van der Waals surface area contributed by atoms with Crippen molar-refractivity contribution in [3.8, 4) is 11.1 Å². The number of rotatable bonds is 4. The molecule has 2 aromatic carbocycles. The van der Waals surface area contributed by atoms with E-state index in [4.69, 9.17) is 23.2 Å². The van der Waals surface area contributed by atoms with E-state index in [0.29, 0.717) is 10.0 Å². The second-order valence-corrected chi connectivity index (χ2v) is 8.06. The topological polar surface area (TPSA) is 25.8 Å². The molecule has 0 saturated carbocycles. The van der Waals surface area contributed by atoms with E-state index >= 15 is 0 Å². The number of aromatic nitrogens is 2. The molecule has 0 N–H and O–H groups in total. The van der Waals surface area contributed by atoms with Gasteiger partial charge >= 0.3 is 0 Å². The van der Waals surface area contributed by atoms with E-state index in [1.165, 1.54) is 11.1 Å². The lowest BCUT2D eigenvalue weighted by Gasteiger charge is -2.07. The maximum absolute atomic E-state index is 6.29. The predicted octanol–water partition coefficient (Wildman–Crippen LogP) is 6.96. The van der Waals surface area contributed by atoms with Crippen LogP contribution in [0.1, 0.15) is 5.56 Å². The van der Waals surface area contributed by atoms with Crippen molar-refractivity contribution in [2.24, 2.45) is 0 Å². The van der Waals surface area contributed by atoms with Crippen LogP contribution < -0.4 is 0 Å². The number of thiophene rings is 1. The Labute approximate surface area is 163 Å². The number of hydrogen-bond donors (Lipinski definition) is 0. The molecule has 0 aliphatic carbocycles. The summed E-state index contributed by atoms with van der Waals surface area (Å²) in [6.45, 7) is 0. The molecule has 0 amide bonds. The van der Waals surface area contributed by atoms with Crippen molar-refractivity contribution in [3.05, 3.63) is 75.8 Å². The Bertz CT molecular complexity index is 1030. The van der Waals surface area contributed by atoms with Gasteiger partial charge in [0.15, 0.2) is 0 Å². The summed E-state index contributed by atoms with van der Waals surface area (Å²) in [5, 5.41) is 5.55. The Morgan fingerprint density at radius 1 is 1.00 bits per heavy atom. The molecule has 0 fully saturated rings. The van der Waals surface area contributed by atoms with Crippen molar-refractivity contribution < 1.29 is 0 Å². The van der Waals surface area contributed by atoms with Crippen LogP contribution in [-0.2, 0) is 5.75 Å². The predicted molar refractivity (Wildman–Crippen MR) is 109 cm³/mol. The molecule has 2 nitrogen and oxygen atoms in total. The Hall–Kier alpha value is -1.59. The van der Waals surface area contributed by atoms with Gasteiger partial charge in [-0.25, -0.2) is 9.97 Å². The van der Waals surface area contributed by atoms with Crippen molar-refractivity contribution >= 4 is 56.5 Å². The first-order chi connectivity index (χ1) is 12.2. The van der Waals surface area contributed by atoms with E-state index < -0.39 is 0 Å². The zero-order chi connectivity index (χ0) is 17.2. The van der Waals surface area contributed by atoms with E-state index in [-0.39, 0.29) is 0 Å². The smallest absolute Gasteiger partial charge is 0.128 e. The number of benzene rings is 2. The second-order valence-electron chi connectivity index (χ2n) is 5.40. The van der Waals surface area contributed by atoms with E-state index in [0.717, 1.165) is 26.6 Å². The van der Waals surface area contributed by atoms with Crippen LogP contribution >= 0.6 is 46.3 Å². The third-order valence-electron chi connectivity index (χ3n) is 3.80. The zero-order valence-corrected chi connectivity index (χ0v) is 16.1. The number of hydrogen-bond acceptors (Lipinski definition) is 4. The highest BCUT2D eigenvalue weighted by Crippen LogP contribution is 2.39. The minimum absolute atomic E-state index is 0.646. The zero-order valence-electron chi connectivity index (χ0n) is 12.9. The molecule has 2 heterocycles. The standard InChI is InChI=1S/C19H12Cl2N2S2/c20-14-7-6-13(16(21)8-14)9-24-18-17-15(12-4-2-1-3-5-12)10-25-19(17)23-11-22-18/h1-8,10-11H,9H2. The monoisotopic (exact) mass is 402 g/mol. The van der Waals surface area contributed by atoms with Crippen LogP contribution in [0.15, 0.2) is 65.3 Å². The number of thioether (sulfide) groups is 1. The minimum atomic E-state index is 0.646. The fourth-order valence-electron chi connectivity index (χ4n) is 2.57. The van der Waals surface area contributed by atoms with Crippen molar-refractivity contribution in [2.75, 3.05) is 0 Å². The summed E-state index contributed by atoms with van der Waals surface area (Å²) >= 11 is 15.6. The molecular formula is C19H12Cl2N2S2. The summed E-state index contributed by atoms with van der Waals surface area (Å²) in [7, 11) is 0. The molecule has 0 unspecified atom stereocenters. The molecular weight excluding hydrogens is 391 g/mol. The highest BCUT2D eigenvalue weighted by atomic mass is 35.5. The molecule has 0 bridgehead atoms. The number of fused-ring (bicyclic) bond motifs is 1. The quantitative estimate of drug-likeness (QED) is 0.272. The molecule has 0 aliphatic heterocycles. The lowest BCUT2D eigenvalue weighted by atomic mass is 10.1. The van der Waals surface area contributed by atoms with Gasteiger partial charge in [0, 0.05) is 26.7 Å². The van der Waals surface area contributed by atoms with Crippen LogP contribution in [0, 0.1) is 0 Å². The Morgan fingerprint density at radius 3 is 2.64 bits per heavy atom. The van der Waals surface area contributed by atoms with Gasteiger partial charge in [0.2, 0.25) is 0 Å². The summed E-state index contributed by atoms with van der Waals surface area (Å²) in [4.78, 5) is 9.94. The van der Waals surface area contributed by atoms with Crippen LogP contribution in [0.3, 0.4) is 0 Å². The molecule has 4 rings (SSSR count). The summed E-state index contributed by atoms with van der Waals surface area (Å²) in [5.41, 5.74) is 3.39. The third kappa shape index (κ3) is 3.53. The Morgan fingerprint density at radius 2 is 1.84 bits per heavy atom. The molecule has 0 atom stereocenters. The molecule has 4 aromatic rings. The Balaban J connectivity index is 1.71. The highest BCUT2D eigenvalue weighted by molar-refractivity contribution is 7.98. The van der Waals surface area contributed by atoms with Crippen LogP contribution in [0.2, 0.25) is 10.0 Å². The average molecular weight is 403 g/mol. The van der Waals surface area contributed by atoms with Crippen LogP contribution in [0.25, 0.3) is 21.3 Å². The largest absolute Gasteiger partial charge is 0.229 e. The highest BCUT2D eigenvalue weighted by Gasteiger charge is 2.14. The second kappa shape index (κ2) is 7.34. The normalized spacial score (nSPS) is 11.1. The van der Waals surface area contributed by atoms with Gasteiger partial charge in [0.05, 0.1) is 5.39 Å². The average Bonchev–Trinajstić information content (AvgIpc) is 3.06. The maximum atomic E-state index is 6.29. The Kier molecular flexibility index (Phi) is 4.95. The lowest BCUT2D eigenvalue weighted by Crippen LogP contribution is -1.88. The number of halogens is 2. The van der Waals surface area contributed by atoms with E-state index in [9.17, 15) is 0 Å².